The summed E-state index contributed by atoms with van der Waals surface area (Å²) in [4.78, 5) is 49.5. The van der Waals surface area contributed by atoms with Crippen LogP contribution in [0.25, 0.3) is 0 Å². The number of carbonyl (C=O) groups excluding carboxylic acids is 4. The fourth-order valence-electron chi connectivity index (χ4n) is 3.38. The standard InChI is InChI=1S/C24H34N2O9/c1-3-31-9-10-32-11-12-33-13-14-34-15-16-35-20-6-4-5-18(17-27)22(20)24(30)26(2)19-7-8-21(28)25-23(19)29/h4-6,17,19H,3,7-16H2,1-2H3,(H,25,28,29). The van der Waals surface area contributed by atoms with Crippen LogP contribution < -0.4 is 10.1 Å². The molecule has 1 aromatic rings. The van der Waals surface area contributed by atoms with Gasteiger partial charge in [0, 0.05) is 25.6 Å². The topological polar surface area (TPSA) is 130 Å². The van der Waals surface area contributed by atoms with Crippen LogP contribution in [0, 0.1) is 0 Å². The van der Waals surface area contributed by atoms with Gasteiger partial charge in [0.05, 0.1) is 51.8 Å². The lowest BCUT2D eigenvalue weighted by Crippen LogP contribution is -2.53. The van der Waals surface area contributed by atoms with Gasteiger partial charge in [-0.15, -0.1) is 0 Å². The number of likely N-dealkylation sites (N-methyl/N-ethyl adjacent to an activating group) is 1. The first-order valence-electron chi connectivity index (χ1n) is 11.6. The third-order valence-corrected chi connectivity index (χ3v) is 5.20. The molecule has 0 aromatic heterocycles. The Labute approximate surface area is 205 Å². The van der Waals surface area contributed by atoms with Crippen molar-refractivity contribution in [3.05, 3.63) is 29.3 Å². The summed E-state index contributed by atoms with van der Waals surface area (Å²) in [7, 11) is 1.46. The minimum absolute atomic E-state index is 0.0578. The molecule has 1 N–H and O–H groups in total. The Morgan fingerprint density at radius 3 is 2.17 bits per heavy atom. The van der Waals surface area contributed by atoms with Crippen molar-refractivity contribution < 1.29 is 42.9 Å². The van der Waals surface area contributed by atoms with Gasteiger partial charge in [-0.1, -0.05) is 12.1 Å². The second kappa shape index (κ2) is 15.9. The number of benzene rings is 1. The second-order valence-corrected chi connectivity index (χ2v) is 7.60. The number of imide groups is 1. The van der Waals surface area contributed by atoms with Crippen LogP contribution in [0.5, 0.6) is 5.75 Å². The molecule has 0 radical (unpaired) electrons. The van der Waals surface area contributed by atoms with E-state index in [1.807, 2.05) is 6.92 Å². The second-order valence-electron chi connectivity index (χ2n) is 7.60. The van der Waals surface area contributed by atoms with Gasteiger partial charge >= 0.3 is 0 Å². The largest absolute Gasteiger partial charge is 0.490 e. The predicted octanol–water partition coefficient (Wildman–Crippen LogP) is 0.841. The molecule has 0 bridgehead atoms. The molecular weight excluding hydrogens is 460 g/mol. The zero-order valence-corrected chi connectivity index (χ0v) is 20.3. The van der Waals surface area contributed by atoms with Crippen LogP contribution in [-0.2, 0) is 28.5 Å². The number of piperidine rings is 1. The van der Waals surface area contributed by atoms with Gasteiger partial charge in [-0.05, 0) is 19.4 Å². The maximum absolute atomic E-state index is 13.2. The number of carbonyl (C=O) groups is 4. The molecule has 0 aliphatic carbocycles. The first kappa shape index (κ1) is 28.4. The van der Waals surface area contributed by atoms with Gasteiger partial charge in [0.2, 0.25) is 11.8 Å². The quantitative estimate of drug-likeness (QED) is 0.190. The van der Waals surface area contributed by atoms with Crippen LogP contribution >= 0.6 is 0 Å². The van der Waals surface area contributed by atoms with E-state index in [9.17, 15) is 19.2 Å². The summed E-state index contributed by atoms with van der Waals surface area (Å²) in [5, 5.41) is 2.23. The fourth-order valence-corrected chi connectivity index (χ4v) is 3.38. The lowest BCUT2D eigenvalue weighted by Gasteiger charge is -2.30. The van der Waals surface area contributed by atoms with E-state index in [1.165, 1.54) is 18.0 Å². The Kier molecular flexibility index (Phi) is 12.9. The number of nitrogens with zero attached hydrogens (tertiary/aromatic N) is 1. The molecule has 11 nitrogen and oxygen atoms in total. The number of rotatable bonds is 17. The Hall–Kier alpha value is -2.86. The Balaban J connectivity index is 1.77. The van der Waals surface area contributed by atoms with Crippen LogP contribution in [0.2, 0.25) is 0 Å². The number of aldehydes is 1. The van der Waals surface area contributed by atoms with Crippen LogP contribution in [0.15, 0.2) is 18.2 Å². The molecule has 0 spiro atoms. The summed E-state index contributed by atoms with van der Waals surface area (Å²) in [5.41, 5.74) is 0.201. The molecule has 35 heavy (non-hydrogen) atoms. The van der Waals surface area contributed by atoms with Crippen molar-refractivity contribution in [2.45, 2.75) is 25.8 Å². The third-order valence-electron chi connectivity index (χ3n) is 5.20. The molecule has 1 aliphatic heterocycles. The highest BCUT2D eigenvalue weighted by atomic mass is 16.6. The van der Waals surface area contributed by atoms with E-state index in [2.05, 4.69) is 5.32 Å². The molecule has 1 fully saturated rings. The van der Waals surface area contributed by atoms with Gasteiger partial charge < -0.3 is 28.6 Å². The number of nitrogens with one attached hydrogen (secondary N) is 1. The Morgan fingerprint density at radius 1 is 1.00 bits per heavy atom. The zero-order chi connectivity index (χ0) is 25.5. The van der Waals surface area contributed by atoms with E-state index in [4.69, 9.17) is 23.7 Å². The monoisotopic (exact) mass is 494 g/mol. The van der Waals surface area contributed by atoms with Gasteiger partial charge in [0.1, 0.15) is 18.4 Å². The van der Waals surface area contributed by atoms with Gasteiger partial charge in [-0.2, -0.15) is 0 Å². The molecule has 1 heterocycles. The summed E-state index contributed by atoms with van der Waals surface area (Å²) < 4.78 is 27.1. The lowest BCUT2D eigenvalue weighted by atomic mass is 10.0. The Morgan fingerprint density at radius 2 is 1.60 bits per heavy atom. The van der Waals surface area contributed by atoms with Gasteiger partial charge in [0.25, 0.3) is 5.91 Å². The smallest absolute Gasteiger partial charge is 0.258 e. The zero-order valence-electron chi connectivity index (χ0n) is 20.3. The van der Waals surface area contributed by atoms with Gasteiger partial charge in [0.15, 0.2) is 6.29 Å². The minimum atomic E-state index is -0.814. The highest BCUT2D eigenvalue weighted by Crippen LogP contribution is 2.25. The normalized spacial score (nSPS) is 15.5. The summed E-state index contributed by atoms with van der Waals surface area (Å²) in [6.45, 7) is 5.78. The molecule has 1 saturated heterocycles. The molecule has 1 unspecified atom stereocenters. The number of hydrogen-bond donors (Lipinski definition) is 1. The minimum Gasteiger partial charge on any atom is -0.490 e. The van der Waals surface area contributed by atoms with Gasteiger partial charge in [-0.25, -0.2) is 0 Å². The maximum atomic E-state index is 13.2. The SMILES string of the molecule is CCOCCOCCOCCOCCOc1cccc(C=O)c1C(=O)N(C)C1CCC(=O)NC1=O. The van der Waals surface area contributed by atoms with E-state index < -0.39 is 17.9 Å². The highest BCUT2D eigenvalue weighted by molar-refractivity contribution is 6.07. The first-order valence-corrected chi connectivity index (χ1v) is 11.6. The van der Waals surface area contributed by atoms with Crippen molar-refractivity contribution >= 4 is 24.0 Å². The van der Waals surface area contributed by atoms with Crippen molar-refractivity contribution in [1.82, 2.24) is 10.2 Å². The predicted molar refractivity (Wildman–Crippen MR) is 125 cm³/mol. The molecule has 0 saturated carbocycles. The van der Waals surface area contributed by atoms with E-state index >= 15 is 0 Å². The van der Waals surface area contributed by atoms with E-state index in [1.54, 1.807) is 12.1 Å². The molecule has 194 valence electrons. The van der Waals surface area contributed by atoms with Crippen molar-refractivity contribution in [2.75, 3.05) is 66.5 Å². The average Bonchev–Trinajstić information content (AvgIpc) is 2.85. The molecule has 11 heteroatoms. The molecule has 2 rings (SSSR count). The van der Waals surface area contributed by atoms with Crippen LogP contribution in [0.4, 0.5) is 0 Å². The van der Waals surface area contributed by atoms with Crippen LogP contribution in [0.1, 0.15) is 40.5 Å². The fraction of sp³-hybridized carbons (Fsp3) is 0.583. The molecule has 1 atom stereocenters. The Bertz CT molecular complexity index is 846. The summed E-state index contributed by atoms with van der Waals surface area (Å²) >= 11 is 0. The summed E-state index contributed by atoms with van der Waals surface area (Å²) in [5.74, 6) is -1.26. The van der Waals surface area contributed by atoms with Crippen molar-refractivity contribution in [2.24, 2.45) is 0 Å². The number of amides is 3. The maximum Gasteiger partial charge on any atom is 0.258 e. The van der Waals surface area contributed by atoms with Crippen LogP contribution in [-0.4, -0.2) is 101 Å². The molecular formula is C24H34N2O9. The number of hydrogen-bond acceptors (Lipinski definition) is 9. The van der Waals surface area contributed by atoms with E-state index in [-0.39, 0.29) is 48.8 Å². The lowest BCUT2D eigenvalue weighted by molar-refractivity contribution is -0.136. The summed E-state index contributed by atoms with van der Waals surface area (Å²) in [6, 6.07) is 3.87. The van der Waals surface area contributed by atoms with Crippen molar-refractivity contribution in [3.8, 4) is 5.75 Å². The van der Waals surface area contributed by atoms with Crippen molar-refractivity contribution in [1.29, 1.82) is 0 Å². The third kappa shape index (κ3) is 9.36. The van der Waals surface area contributed by atoms with Gasteiger partial charge in [-0.3, -0.25) is 24.5 Å². The van der Waals surface area contributed by atoms with Crippen LogP contribution in [0.3, 0.4) is 0 Å². The van der Waals surface area contributed by atoms with E-state index in [0.29, 0.717) is 52.5 Å². The van der Waals surface area contributed by atoms with E-state index in [0.717, 1.165) is 0 Å². The first-order chi connectivity index (χ1) is 17.0. The molecule has 3 amide bonds. The average molecular weight is 495 g/mol. The highest BCUT2D eigenvalue weighted by Gasteiger charge is 2.34. The molecule has 1 aliphatic rings. The van der Waals surface area contributed by atoms with Crippen molar-refractivity contribution in [3.63, 3.8) is 0 Å². The summed E-state index contributed by atoms with van der Waals surface area (Å²) in [6.07, 6.45) is 0.906. The number of ether oxygens (including phenoxy) is 5. The molecule has 1 aromatic carbocycles.